The third-order valence-corrected chi connectivity index (χ3v) is 5.88. The van der Waals surface area contributed by atoms with Crippen LogP contribution in [0.3, 0.4) is 0 Å². The molecule has 172 valence electrons. The molecule has 3 rings (SSSR count). The van der Waals surface area contributed by atoms with E-state index in [2.05, 4.69) is 6.58 Å². The van der Waals surface area contributed by atoms with Crippen LogP contribution in [0, 0.1) is 0 Å². The molecule has 32 heavy (non-hydrogen) atoms. The number of methoxy groups -OCH3 is 1. The van der Waals surface area contributed by atoms with E-state index in [1.165, 1.54) is 0 Å². The number of amides is 3. The molecule has 0 unspecified atom stereocenters. The summed E-state index contributed by atoms with van der Waals surface area (Å²) >= 11 is 0. The maximum absolute atomic E-state index is 13.6. The van der Waals surface area contributed by atoms with Crippen molar-refractivity contribution in [3.05, 3.63) is 65.8 Å². The van der Waals surface area contributed by atoms with Crippen molar-refractivity contribution < 1.29 is 24.3 Å². The first-order valence-corrected chi connectivity index (χ1v) is 10.7. The van der Waals surface area contributed by atoms with Crippen molar-refractivity contribution in [2.75, 3.05) is 26.8 Å². The van der Waals surface area contributed by atoms with Gasteiger partial charge in [0.25, 0.3) is 5.91 Å². The van der Waals surface area contributed by atoms with Crippen LogP contribution in [0.2, 0.25) is 0 Å². The highest BCUT2D eigenvalue weighted by Gasteiger charge is 2.34. The zero-order chi connectivity index (χ0) is 23.1. The minimum absolute atomic E-state index is 0.0706. The van der Waals surface area contributed by atoms with Gasteiger partial charge in [0, 0.05) is 31.3 Å². The number of benzene rings is 1. The molecule has 1 fully saturated rings. The molecule has 0 spiro atoms. The second-order valence-electron chi connectivity index (χ2n) is 7.88. The number of nitrogens with zero attached hydrogens (tertiary/aromatic N) is 2. The minimum atomic E-state index is -0.621. The number of hydroxylamine groups is 1. The van der Waals surface area contributed by atoms with Crippen molar-refractivity contribution >= 4 is 11.9 Å². The van der Waals surface area contributed by atoms with Gasteiger partial charge in [-0.25, -0.2) is 10.3 Å². The smallest absolute Gasteiger partial charge is 0.320 e. The molecule has 2 aliphatic rings. The number of hydrogen-bond donors (Lipinski definition) is 2. The molecule has 0 radical (unpaired) electrons. The number of piperidine rings is 1. The normalized spacial score (nSPS) is 19.5. The average molecular weight is 442 g/mol. The zero-order valence-corrected chi connectivity index (χ0v) is 18.6. The Kier molecular flexibility index (Phi) is 8.08. The van der Waals surface area contributed by atoms with Gasteiger partial charge in [0.15, 0.2) is 0 Å². The zero-order valence-electron chi connectivity index (χ0n) is 18.6. The molecule has 0 aromatic heterocycles. The van der Waals surface area contributed by atoms with Crippen molar-refractivity contribution in [2.24, 2.45) is 0 Å². The van der Waals surface area contributed by atoms with Gasteiger partial charge in [0.1, 0.15) is 12.4 Å². The predicted molar refractivity (Wildman–Crippen MR) is 121 cm³/mol. The van der Waals surface area contributed by atoms with E-state index in [-0.39, 0.29) is 30.3 Å². The molecular formula is C24H31N3O5. The monoisotopic (exact) mass is 441 g/mol. The highest BCUT2D eigenvalue weighted by Crippen LogP contribution is 2.30. The van der Waals surface area contributed by atoms with Crippen molar-refractivity contribution in [3.8, 4) is 5.75 Å². The summed E-state index contributed by atoms with van der Waals surface area (Å²) in [5.41, 5.74) is 3.44. The highest BCUT2D eigenvalue weighted by atomic mass is 16.5. The summed E-state index contributed by atoms with van der Waals surface area (Å²) in [5.74, 6) is -0.112. The third kappa shape index (κ3) is 5.38. The number of carbonyl (C=O) groups excluding carboxylic acids is 2. The van der Waals surface area contributed by atoms with E-state index in [0.717, 1.165) is 24.0 Å². The quantitative estimate of drug-likeness (QED) is 0.416. The Balaban J connectivity index is 1.88. The summed E-state index contributed by atoms with van der Waals surface area (Å²) in [5, 5.41) is 8.93. The van der Waals surface area contributed by atoms with Crippen LogP contribution in [-0.4, -0.2) is 65.9 Å². The summed E-state index contributed by atoms with van der Waals surface area (Å²) in [7, 11) is 1.70. The summed E-state index contributed by atoms with van der Waals surface area (Å²) in [4.78, 5) is 29.0. The standard InChI is InChI=1S/C24H31N3O5/c1-4-5-6-7-17(2)21-16-32-22-14-18(23(28)25-30)8-9-19(22)15-27(21)24(29)26-12-10-20(31-3)11-13-26/h4-9,14,20-21,30H,2,10-13,15-16H2,1,3H3,(H,25,28)/b5-4-,7-6-/t21-/m1/s1. The van der Waals surface area contributed by atoms with Crippen molar-refractivity contribution in [2.45, 2.75) is 38.5 Å². The fraction of sp³-hybridized carbons (Fsp3) is 0.417. The molecule has 0 aliphatic carbocycles. The van der Waals surface area contributed by atoms with Crippen molar-refractivity contribution in [1.82, 2.24) is 15.3 Å². The second kappa shape index (κ2) is 11.0. The largest absolute Gasteiger partial charge is 0.491 e. The predicted octanol–water partition coefficient (Wildman–Crippen LogP) is 3.29. The van der Waals surface area contributed by atoms with Gasteiger partial charge in [-0.3, -0.25) is 10.0 Å². The van der Waals surface area contributed by atoms with Gasteiger partial charge in [-0.05, 0) is 37.5 Å². The molecular weight excluding hydrogens is 410 g/mol. The lowest BCUT2D eigenvalue weighted by Gasteiger charge is -2.38. The van der Waals surface area contributed by atoms with Gasteiger partial charge in [-0.1, -0.05) is 36.9 Å². The van der Waals surface area contributed by atoms with Crippen LogP contribution in [0.1, 0.15) is 35.7 Å². The molecule has 1 saturated heterocycles. The first-order valence-electron chi connectivity index (χ1n) is 10.7. The Morgan fingerprint density at radius 2 is 2.03 bits per heavy atom. The highest BCUT2D eigenvalue weighted by molar-refractivity contribution is 5.93. The van der Waals surface area contributed by atoms with E-state index >= 15 is 0 Å². The van der Waals surface area contributed by atoms with E-state index in [9.17, 15) is 9.59 Å². The molecule has 8 heteroatoms. The first kappa shape index (κ1) is 23.6. The van der Waals surface area contributed by atoms with Gasteiger partial charge < -0.3 is 19.3 Å². The SMILES string of the molecule is C=C(/C=C\C=C/C)[C@H]1COc2cc(C(=O)NO)ccc2CN1C(=O)N1CCC(OC)CC1. The Hall–Kier alpha value is -3.10. The van der Waals surface area contributed by atoms with E-state index < -0.39 is 5.91 Å². The number of hydrogen-bond acceptors (Lipinski definition) is 5. The number of ether oxygens (including phenoxy) is 2. The van der Waals surface area contributed by atoms with Gasteiger partial charge in [0.05, 0.1) is 18.7 Å². The van der Waals surface area contributed by atoms with Crippen LogP contribution in [0.5, 0.6) is 5.75 Å². The number of rotatable bonds is 5. The lowest BCUT2D eigenvalue weighted by atomic mass is 10.1. The molecule has 0 bridgehead atoms. The van der Waals surface area contributed by atoms with Crippen LogP contribution >= 0.6 is 0 Å². The number of carbonyl (C=O) groups is 2. The number of urea groups is 1. The molecule has 1 aromatic carbocycles. The van der Waals surface area contributed by atoms with Crippen LogP contribution in [-0.2, 0) is 11.3 Å². The molecule has 1 aromatic rings. The number of likely N-dealkylation sites (tertiary alicyclic amines) is 1. The lowest BCUT2D eigenvalue weighted by Crippen LogP contribution is -2.52. The van der Waals surface area contributed by atoms with Gasteiger partial charge in [0.2, 0.25) is 0 Å². The summed E-state index contributed by atoms with van der Waals surface area (Å²) in [6.07, 6.45) is 9.37. The molecule has 3 amide bonds. The number of allylic oxidation sites excluding steroid dienone is 3. The maximum Gasteiger partial charge on any atom is 0.320 e. The molecule has 2 N–H and O–H groups in total. The van der Waals surface area contributed by atoms with Gasteiger partial charge >= 0.3 is 6.03 Å². The Bertz CT molecular complexity index is 903. The van der Waals surface area contributed by atoms with Crippen LogP contribution in [0.4, 0.5) is 4.79 Å². The fourth-order valence-corrected chi connectivity index (χ4v) is 3.95. The molecule has 8 nitrogen and oxygen atoms in total. The third-order valence-electron chi connectivity index (χ3n) is 5.88. The Morgan fingerprint density at radius 1 is 1.28 bits per heavy atom. The van der Waals surface area contributed by atoms with Crippen LogP contribution in [0.15, 0.2) is 54.7 Å². The van der Waals surface area contributed by atoms with E-state index in [1.54, 1.807) is 35.7 Å². The summed E-state index contributed by atoms with van der Waals surface area (Å²) in [6, 6.07) is 4.49. The van der Waals surface area contributed by atoms with Crippen molar-refractivity contribution in [3.63, 3.8) is 0 Å². The second-order valence-corrected chi connectivity index (χ2v) is 7.88. The number of nitrogens with one attached hydrogen (secondary N) is 1. The number of fused-ring (bicyclic) bond motifs is 1. The maximum atomic E-state index is 13.6. The summed E-state index contributed by atoms with van der Waals surface area (Å²) in [6.45, 7) is 7.90. The summed E-state index contributed by atoms with van der Waals surface area (Å²) < 4.78 is 11.5. The van der Waals surface area contributed by atoms with Gasteiger partial charge in [-0.2, -0.15) is 0 Å². The van der Waals surface area contributed by atoms with E-state index in [4.69, 9.17) is 14.7 Å². The van der Waals surface area contributed by atoms with Gasteiger partial charge in [-0.15, -0.1) is 0 Å². The van der Waals surface area contributed by atoms with E-state index in [0.29, 0.717) is 25.4 Å². The molecule has 0 saturated carbocycles. The molecule has 2 heterocycles. The first-order chi connectivity index (χ1) is 15.5. The average Bonchev–Trinajstić information content (AvgIpc) is 3.02. The Labute approximate surface area is 188 Å². The van der Waals surface area contributed by atoms with Crippen LogP contribution in [0.25, 0.3) is 0 Å². The van der Waals surface area contributed by atoms with E-state index in [1.807, 2.05) is 36.1 Å². The topological polar surface area (TPSA) is 91.3 Å². The Morgan fingerprint density at radius 3 is 2.69 bits per heavy atom. The van der Waals surface area contributed by atoms with Crippen molar-refractivity contribution in [1.29, 1.82) is 0 Å². The fourth-order valence-electron chi connectivity index (χ4n) is 3.95. The van der Waals surface area contributed by atoms with Crippen LogP contribution < -0.4 is 10.2 Å². The molecule has 1 atom stereocenters. The molecule has 2 aliphatic heterocycles. The minimum Gasteiger partial charge on any atom is -0.491 e. The lowest BCUT2D eigenvalue weighted by molar-refractivity contribution is 0.0415.